The first-order valence-corrected chi connectivity index (χ1v) is 13.2. The second-order valence-corrected chi connectivity index (χ2v) is 10.4. The summed E-state index contributed by atoms with van der Waals surface area (Å²) in [5, 5.41) is 3.59. The highest BCUT2D eigenvalue weighted by Gasteiger charge is 2.17. The fourth-order valence-corrected chi connectivity index (χ4v) is 5.06. The van der Waals surface area contributed by atoms with E-state index in [1.165, 1.54) is 16.8 Å². The Hall–Kier alpha value is -3.58. The van der Waals surface area contributed by atoms with Gasteiger partial charge in [0, 0.05) is 62.7 Å². The molecule has 0 amide bonds. The summed E-state index contributed by atoms with van der Waals surface area (Å²) in [6.07, 6.45) is 3.59. The first-order valence-electron chi connectivity index (χ1n) is 13.2. The number of anilines is 2. The van der Waals surface area contributed by atoms with Crippen LogP contribution < -0.4 is 15.0 Å². The Kier molecular flexibility index (Phi) is 7.60. The van der Waals surface area contributed by atoms with Crippen molar-refractivity contribution < 1.29 is 4.74 Å². The van der Waals surface area contributed by atoms with Crippen LogP contribution in [0, 0.1) is 5.92 Å². The second kappa shape index (κ2) is 11.2. The quantitative estimate of drug-likeness (QED) is 0.334. The molecule has 0 bridgehead atoms. The second-order valence-electron chi connectivity index (χ2n) is 10.4. The lowest BCUT2D eigenvalue weighted by atomic mass is 9.98. The topological polar surface area (TPSA) is 69.3 Å². The molecule has 0 unspecified atom stereocenters. The van der Waals surface area contributed by atoms with Crippen LogP contribution in [0.25, 0.3) is 11.0 Å². The number of nitrogens with one attached hydrogen (secondary N) is 2. The highest BCUT2D eigenvalue weighted by molar-refractivity contribution is 5.85. The lowest BCUT2D eigenvalue weighted by Gasteiger charge is -2.34. The van der Waals surface area contributed by atoms with Gasteiger partial charge in [-0.1, -0.05) is 44.2 Å². The predicted octanol–water partition coefficient (Wildman–Crippen LogP) is 5.12. The van der Waals surface area contributed by atoms with Crippen LogP contribution in [0.4, 0.5) is 11.5 Å². The van der Waals surface area contributed by atoms with Gasteiger partial charge < -0.3 is 24.8 Å². The van der Waals surface area contributed by atoms with Crippen LogP contribution in [-0.2, 0) is 19.4 Å². The van der Waals surface area contributed by atoms with Crippen molar-refractivity contribution >= 4 is 22.5 Å². The molecule has 2 N–H and O–H groups in total. The maximum Gasteiger partial charge on any atom is 0.154 e. The first-order chi connectivity index (χ1) is 18.0. The summed E-state index contributed by atoms with van der Waals surface area (Å²) in [5.41, 5.74) is 6.82. The zero-order valence-electron chi connectivity index (χ0n) is 22.4. The van der Waals surface area contributed by atoms with Crippen molar-refractivity contribution in [2.24, 2.45) is 5.92 Å². The average Bonchev–Trinajstić information content (AvgIpc) is 3.37. The SMILES string of the molecule is COc1cc(N2CCN(C)CC2)ccc1Cc1nc(NCc2ccccc2CC(C)C)c2[nH]ccc2n1. The number of likely N-dealkylation sites (N-methyl/N-ethyl adjacent to an activating group) is 1. The number of ether oxygens (including phenoxy) is 1. The van der Waals surface area contributed by atoms with Gasteiger partial charge in [-0.15, -0.1) is 0 Å². The highest BCUT2D eigenvalue weighted by Crippen LogP contribution is 2.29. The van der Waals surface area contributed by atoms with E-state index in [0.29, 0.717) is 12.3 Å². The van der Waals surface area contributed by atoms with Crippen molar-refractivity contribution in [1.82, 2.24) is 19.9 Å². The van der Waals surface area contributed by atoms with Crippen LogP contribution in [0.15, 0.2) is 54.7 Å². The van der Waals surface area contributed by atoms with Gasteiger partial charge in [0.25, 0.3) is 0 Å². The van der Waals surface area contributed by atoms with Crippen LogP contribution in [0.5, 0.6) is 5.75 Å². The summed E-state index contributed by atoms with van der Waals surface area (Å²) in [5.74, 6) is 3.10. The molecule has 194 valence electrons. The predicted molar refractivity (Wildman–Crippen MR) is 152 cm³/mol. The largest absolute Gasteiger partial charge is 0.496 e. The molecule has 5 rings (SSSR count). The third kappa shape index (κ3) is 5.88. The van der Waals surface area contributed by atoms with Crippen molar-refractivity contribution in [3.8, 4) is 5.75 Å². The van der Waals surface area contributed by atoms with Crippen molar-refractivity contribution in [1.29, 1.82) is 0 Å². The first kappa shape index (κ1) is 25.1. The molecule has 7 heteroatoms. The summed E-state index contributed by atoms with van der Waals surface area (Å²) < 4.78 is 5.81. The Morgan fingerprint density at radius 3 is 2.51 bits per heavy atom. The van der Waals surface area contributed by atoms with Crippen LogP contribution in [-0.4, -0.2) is 60.2 Å². The zero-order valence-corrected chi connectivity index (χ0v) is 22.4. The molecule has 0 atom stereocenters. The minimum atomic E-state index is 0.603. The van der Waals surface area contributed by atoms with Gasteiger partial charge in [0.1, 0.15) is 17.1 Å². The number of fused-ring (bicyclic) bond motifs is 1. The van der Waals surface area contributed by atoms with E-state index >= 15 is 0 Å². The lowest BCUT2D eigenvalue weighted by Crippen LogP contribution is -2.44. The van der Waals surface area contributed by atoms with Crippen molar-refractivity contribution in [2.45, 2.75) is 33.2 Å². The lowest BCUT2D eigenvalue weighted by molar-refractivity contribution is 0.312. The number of H-pyrrole nitrogens is 1. The molecule has 2 aromatic carbocycles. The average molecular weight is 499 g/mol. The van der Waals surface area contributed by atoms with E-state index in [1.807, 2.05) is 12.3 Å². The van der Waals surface area contributed by atoms with Gasteiger partial charge in [-0.3, -0.25) is 0 Å². The molecule has 0 aliphatic carbocycles. The summed E-state index contributed by atoms with van der Waals surface area (Å²) in [6.45, 7) is 9.45. The molecule has 0 saturated carbocycles. The summed E-state index contributed by atoms with van der Waals surface area (Å²) in [6, 6.07) is 17.2. The molecule has 1 aliphatic rings. The molecule has 1 aliphatic heterocycles. The maximum absolute atomic E-state index is 5.81. The standard InChI is InChI=1S/C30H38N6O/c1-21(2)17-22-7-5-6-8-24(22)20-32-30-29-26(11-12-31-29)33-28(34-30)18-23-9-10-25(19-27(23)37-4)36-15-13-35(3)14-16-36/h5-12,19,21,31H,13-18,20H2,1-4H3,(H,32,33,34). The van der Waals surface area contributed by atoms with Crippen molar-refractivity contribution in [3.63, 3.8) is 0 Å². The Balaban J connectivity index is 1.37. The number of nitrogens with zero attached hydrogens (tertiary/aromatic N) is 4. The molecule has 4 aromatic rings. The smallest absolute Gasteiger partial charge is 0.154 e. The number of aromatic nitrogens is 3. The summed E-state index contributed by atoms with van der Waals surface area (Å²) >= 11 is 0. The van der Waals surface area contributed by atoms with Crippen LogP contribution in [0.2, 0.25) is 0 Å². The maximum atomic E-state index is 5.81. The molecule has 2 aromatic heterocycles. The van der Waals surface area contributed by atoms with E-state index in [-0.39, 0.29) is 0 Å². The molecular formula is C30H38N6O. The number of piperazine rings is 1. The van der Waals surface area contributed by atoms with Gasteiger partial charge in [-0.25, -0.2) is 9.97 Å². The van der Waals surface area contributed by atoms with Gasteiger partial charge in [0.15, 0.2) is 5.82 Å². The fourth-order valence-electron chi connectivity index (χ4n) is 5.06. The van der Waals surface area contributed by atoms with E-state index in [1.54, 1.807) is 7.11 Å². The molecule has 1 fully saturated rings. The number of rotatable bonds is 9. The minimum absolute atomic E-state index is 0.603. The number of methoxy groups -OCH3 is 1. The van der Waals surface area contributed by atoms with E-state index < -0.39 is 0 Å². The van der Waals surface area contributed by atoms with E-state index in [0.717, 1.165) is 73.1 Å². The number of aromatic amines is 1. The zero-order chi connectivity index (χ0) is 25.8. The molecule has 37 heavy (non-hydrogen) atoms. The summed E-state index contributed by atoms with van der Waals surface area (Å²) in [4.78, 5) is 17.9. The number of benzene rings is 2. The van der Waals surface area contributed by atoms with Gasteiger partial charge in [-0.2, -0.15) is 0 Å². The molecule has 1 saturated heterocycles. The van der Waals surface area contributed by atoms with Gasteiger partial charge >= 0.3 is 0 Å². The van der Waals surface area contributed by atoms with Crippen LogP contribution >= 0.6 is 0 Å². The van der Waals surface area contributed by atoms with E-state index in [9.17, 15) is 0 Å². The molecule has 7 nitrogen and oxygen atoms in total. The molecule has 3 heterocycles. The Morgan fingerprint density at radius 1 is 0.973 bits per heavy atom. The van der Waals surface area contributed by atoms with Crippen LogP contribution in [0.1, 0.15) is 36.4 Å². The monoisotopic (exact) mass is 498 g/mol. The third-order valence-electron chi connectivity index (χ3n) is 7.13. The summed E-state index contributed by atoms with van der Waals surface area (Å²) in [7, 11) is 3.92. The normalized spacial score (nSPS) is 14.5. The Morgan fingerprint density at radius 2 is 1.76 bits per heavy atom. The molecule has 0 radical (unpaired) electrons. The van der Waals surface area contributed by atoms with Crippen molar-refractivity contribution in [2.75, 3.05) is 50.6 Å². The fraction of sp³-hybridized carbons (Fsp3) is 0.400. The van der Waals surface area contributed by atoms with E-state index in [4.69, 9.17) is 14.7 Å². The Labute approximate surface area is 219 Å². The van der Waals surface area contributed by atoms with Gasteiger partial charge in [-0.05, 0) is 42.6 Å². The van der Waals surface area contributed by atoms with Gasteiger partial charge in [0.2, 0.25) is 0 Å². The van der Waals surface area contributed by atoms with Gasteiger partial charge in [0.05, 0.1) is 12.6 Å². The molecular weight excluding hydrogens is 460 g/mol. The number of hydrogen-bond donors (Lipinski definition) is 2. The highest BCUT2D eigenvalue weighted by atomic mass is 16.5. The van der Waals surface area contributed by atoms with E-state index in [2.05, 4.69) is 83.5 Å². The minimum Gasteiger partial charge on any atom is -0.496 e. The van der Waals surface area contributed by atoms with Crippen molar-refractivity contribution in [3.05, 3.63) is 77.2 Å². The Bertz CT molecular complexity index is 1340. The number of hydrogen-bond acceptors (Lipinski definition) is 6. The third-order valence-corrected chi connectivity index (χ3v) is 7.13. The molecule has 0 spiro atoms. The van der Waals surface area contributed by atoms with Crippen LogP contribution in [0.3, 0.4) is 0 Å².